The molecule has 1 aliphatic rings. The van der Waals surface area contributed by atoms with Crippen LogP contribution in [0.25, 0.3) is 16.7 Å². The molecule has 8 heteroatoms. The molecule has 23 heavy (non-hydrogen) atoms. The Labute approximate surface area is 130 Å². The summed E-state index contributed by atoms with van der Waals surface area (Å²) in [5.41, 5.74) is 0.966. The van der Waals surface area contributed by atoms with Gasteiger partial charge < -0.3 is 14.5 Å². The summed E-state index contributed by atoms with van der Waals surface area (Å²) in [5.74, 6) is 0. The van der Waals surface area contributed by atoms with Gasteiger partial charge in [0.25, 0.3) is 0 Å². The van der Waals surface area contributed by atoms with Crippen LogP contribution in [-0.2, 0) is 4.74 Å². The van der Waals surface area contributed by atoms with Crippen molar-refractivity contribution in [2.24, 2.45) is 0 Å². The molecule has 0 atom stereocenters. The van der Waals surface area contributed by atoms with Crippen LogP contribution in [0.2, 0.25) is 0 Å². The fourth-order valence-corrected chi connectivity index (χ4v) is 2.66. The Morgan fingerprint density at radius 2 is 1.96 bits per heavy atom. The molecule has 0 aromatic carbocycles. The maximum atomic E-state index is 12.6. The minimum Gasteiger partial charge on any atom is -0.378 e. The van der Waals surface area contributed by atoms with Crippen molar-refractivity contribution in [1.29, 1.82) is 0 Å². The third kappa shape index (κ3) is 2.23. The Bertz CT molecular complexity index is 939. The Kier molecular flexibility index (Phi) is 3.23. The number of morpholine rings is 1. The second-order valence-corrected chi connectivity index (χ2v) is 5.17. The molecule has 0 N–H and O–H groups in total. The number of rotatable bonds is 1. The van der Waals surface area contributed by atoms with Gasteiger partial charge in [0.15, 0.2) is 5.65 Å². The Morgan fingerprint density at radius 1 is 1.17 bits per heavy atom. The van der Waals surface area contributed by atoms with Gasteiger partial charge in [0.05, 0.1) is 13.2 Å². The first kappa shape index (κ1) is 13.8. The topological polar surface area (TPSA) is 78.1 Å². The van der Waals surface area contributed by atoms with Crippen LogP contribution in [0.4, 0.5) is 4.79 Å². The number of fused-ring (bicyclic) bond motifs is 3. The maximum Gasteiger partial charge on any atom is 0.434 e. The molecule has 0 radical (unpaired) electrons. The van der Waals surface area contributed by atoms with Crippen molar-refractivity contribution in [2.75, 3.05) is 26.3 Å². The molecule has 1 fully saturated rings. The van der Waals surface area contributed by atoms with Gasteiger partial charge >= 0.3 is 11.7 Å². The van der Waals surface area contributed by atoms with E-state index in [-0.39, 0.29) is 0 Å². The summed E-state index contributed by atoms with van der Waals surface area (Å²) >= 11 is 0. The summed E-state index contributed by atoms with van der Waals surface area (Å²) in [4.78, 5) is 36.1. The monoisotopic (exact) mass is 314 g/mol. The predicted octanol–water partition coefficient (Wildman–Crippen LogP) is 0.530. The van der Waals surface area contributed by atoms with Crippen molar-refractivity contribution < 1.29 is 14.4 Å². The summed E-state index contributed by atoms with van der Waals surface area (Å²) in [6.07, 6.45) is 2.80. The number of hydrogen-bond acceptors (Lipinski definition) is 5. The van der Waals surface area contributed by atoms with Gasteiger partial charge in [-0.2, -0.15) is 0 Å². The number of amides is 1. The normalized spacial score (nSPS) is 15.2. The highest BCUT2D eigenvalue weighted by molar-refractivity contribution is 5.76. The molecule has 8 nitrogen and oxygen atoms in total. The van der Waals surface area contributed by atoms with Crippen molar-refractivity contribution in [2.45, 2.75) is 0 Å². The first-order valence-electron chi connectivity index (χ1n) is 7.27. The average molecular weight is 314 g/mol. The lowest BCUT2D eigenvalue weighted by Gasteiger charge is -2.26. The van der Waals surface area contributed by atoms with Crippen molar-refractivity contribution in [3.05, 3.63) is 47.0 Å². The number of ether oxygens (including phenoxy) is 1. The molecule has 3 aromatic rings. The minimum atomic E-state index is -0.573. The van der Waals surface area contributed by atoms with E-state index in [1.807, 2.05) is 0 Å². The maximum absolute atomic E-state index is 12.6. The lowest BCUT2D eigenvalue weighted by atomic mass is 10.4. The highest BCUT2D eigenvalue weighted by Crippen LogP contribution is 2.12. The second-order valence-electron chi connectivity index (χ2n) is 5.17. The SMILES string of the molecule is O=C(On1c(=O)c2cccn2c2ncccc21)N1CCOCC1. The quantitative estimate of drug-likeness (QED) is 0.655. The van der Waals surface area contributed by atoms with E-state index in [4.69, 9.17) is 9.57 Å². The standard InChI is InChI=1S/C15H14N4O4/c20-14-12-4-2-6-18(12)13-11(3-1-5-16-13)19(14)23-15(21)17-7-9-22-10-8-17/h1-6H,7-10H2. The molecule has 0 aliphatic carbocycles. The van der Waals surface area contributed by atoms with Gasteiger partial charge in [-0.25, -0.2) is 9.78 Å². The third-order valence-electron chi connectivity index (χ3n) is 3.80. The number of carbonyl (C=O) groups is 1. The molecular formula is C15H14N4O4. The molecular weight excluding hydrogens is 300 g/mol. The molecule has 1 amide bonds. The van der Waals surface area contributed by atoms with Crippen LogP contribution in [0, 0.1) is 0 Å². The molecule has 4 rings (SSSR count). The molecule has 118 valence electrons. The van der Waals surface area contributed by atoms with Gasteiger partial charge in [-0.3, -0.25) is 9.20 Å². The van der Waals surface area contributed by atoms with Gasteiger partial charge in [0, 0.05) is 25.5 Å². The van der Waals surface area contributed by atoms with E-state index in [1.165, 1.54) is 4.90 Å². The Balaban J connectivity index is 1.83. The van der Waals surface area contributed by atoms with E-state index >= 15 is 0 Å². The summed E-state index contributed by atoms with van der Waals surface area (Å²) < 4.78 is 7.90. The zero-order valence-corrected chi connectivity index (χ0v) is 12.2. The largest absolute Gasteiger partial charge is 0.434 e. The number of carbonyl (C=O) groups excluding carboxylic acids is 1. The molecule has 1 saturated heterocycles. The van der Waals surface area contributed by atoms with E-state index < -0.39 is 11.7 Å². The zero-order valence-electron chi connectivity index (χ0n) is 12.2. The van der Waals surface area contributed by atoms with E-state index in [2.05, 4.69) is 4.98 Å². The van der Waals surface area contributed by atoms with Crippen LogP contribution in [0.5, 0.6) is 0 Å². The van der Waals surface area contributed by atoms with Crippen molar-refractivity contribution in [3.8, 4) is 0 Å². The van der Waals surface area contributed by atoms with Crippen molar-refractivity contribution >= 4 is 22.8 Å². The van der Waals surface area contributed by atoms with Crippen molar-refractivity contribution in [1.82, 2.24) is 19.0 Å². The van der Waals surface area contributed by atoms with Gasteiger partial charge in [0.1, 0.15) is 11.0 Å². The number of pyridine rings is 1. The van der Waals surface area contributed by atoms with Gasteiger partial charge in [-0.1, -0.05) is 0 Å². The van der Waals surface area contributed by atoms with E-state index in [9.17, 15) is 9.59 Å². The van der Waals surface area contributed by atoms with E-state index in [1.54, 1.807) is 41.1 Å². The van der Waals surface area contributed by atoms with Crippen molar-refractivity contribution in [3.63, 3.8) is 0 Å². The molecule has 0 bridgehead atoms. The van der Waals surface area contributed by atoms with Crippen LogP contribution in [0.3, 0.4) is 0 Å². The molecule has 4 heterocycles. The fraction of sp³-hybridized carbons (Fsp3) is 0.267. The van der Waals surface area contributed by atoms with Gasteiger partial charge in [-0.05, 0) is 24.3 Å². The van der Waals surface area contributed by atoms with E-state index in [0.29, 0.717) is 43.0 Å². The predicted molar refractivity (Wildman–Crippen MR) is 81.3 cm³/mol. The van der Waals surface area contributed by atoms with Crippen LogP contribution in [0.15, 0.2) is 41.5 Å². The lowest BCUT2D eigenvalue weighted by molar-refractivity contribution is 0.0248. The average Bonchev–Trinajstić information content (AvgIpc) is 3.09. The number of hydrogen-bond donors (Lipinski definition) is 0. The van der Waals surface area contributed by atoms with Crippen LogP contribution >= 0.6 is 0 Å². The van der Waals surface area contributed by atoms with E-state index in [0.717, 1.165) is 4.73 Å². The first-order valence-corrected chi connectivity index (χ1v) is 7.27. The smallest absolute Gasteiger partial charge is 0.378 e. The summed E-state index contributed by atoms with van der Waals surface area (Å²) in [5, 5.41) is 0. The number of nitrogens with zero attached hydrogens (tertiary/aromatic N) is 4. The zero-order chi connectivity index (χ0) is 15.8. The lowest BCUT2D eigenvalue weighted by Crippen LogP contribution is -2.46. The highest BCUT2D eigenvalue weighted by Gasteiger charge is 2.21. The number of aromatic nitrogens is 3. The molecule has 0 saturated carbocycles. The fourth-order valence-electron chi connectivity index (χ4n) is 2.66. The van der Waals surface area contributed by atoms with Crippen LogP contribution in [-0.4, -0.2) is 51.4 Å². The van der Waals surface area contributed by atoms with Gasteiger partial charge in [0.2, 0.25) is 0 Å². The molecule has 0 spiro atoms. The van der Waals surface area contributed by atoms with Crippen LogP contribution in [0.1, 0.15) is 0 Å². The summed E-state index contributed by atoms with van der Waals surface area (Å²) in [6.45, 7) is 1.81. The van der Waals surface area contributed by atoms with Gasteiger partial charge in [-0.15, -0.1) is 4.73 Å². The Morgan fingerprint density at radius 3 is 2.78 bits per heavy atom. The Hall–Kier alpha value is -2.87. The summed E-state index contributed by atoms with van der Waals surface area (Å²) in [7, 11) is 0. The molecule has 0 unspecified atom stereocenters. The second kappa shape index (κ2) is 5.40. The molecule has 3 aromatic heterocycles. The highest BCUT2D eigenvalue weighted by atomic mass is 16.7. The first-order chi connectivity index (χ1) is 11.3. The van der Waals surface area contributed by atoms with Crippen LogP contribution < -0.4 is 10.4 Å². The molecule has 1 aliphatic heterocycles. The third-order valence-corrected chi connectivity index (χ3v) is 3.80. The summed E-state index contributed by atoms with van der Waals surface area (Å²) in [6, 6.07) is 6.79. The minimum absolute atomic E-state index is 0.394.